The van der Waals surface area contributed by atoms with Crippen LogP contribution < -0.4 is 25.8 Å². The van der Waals surface area contributed by atoms with Crippen molar-refractivity contribution >= 4 is 57.1 Å². The minimum atomic E-state index is -5.62. The number of rotatable bonds is 15. The number of aryl methyl sites for hydroxylation is 2. The summed E-state index contributed by atoms with van der Waals surface area (Å²) in [5, 5.41) is 18.6. The Balaban J connectivity index is 0.000000149. The number of fused-ring (bicyclic) bond motifs is 3. The van der Waals surface area contributed by atoms with Gasteiger partial charge in [-0.25, -0.2) is 0 Å². The molecule has 3 amide bonds. The number of hydrogen-bond donors (Lipinski definition) is 4. The topological polar surface area (TPSA) is 119 Å². The van der Waals surface area contributed by atoms with Crippen LogP contribution in [0.3, 0.4) is 0 Å². The molecule has 4 aliphatic rings. The van der Waals surface area contributed by atoms with Gasteiger partial charge in [0, 0.05) is 95.7 Å². The number of carbonyl (C=O) groups is 3. The average Bonchev–Trinajstić information content (AvgIpc) is 3.95. The SMILES string of the molecule is CCCc1ccc(Cn2ccc3cc(NC(=O)C4CC4)ccc32)cc1.O=C(CO)Nc1ccc2c(c1)CCCN2Cc1ccc(C(F)(F)F)cc1.O=C(Nc1ccc2c(c1)CCN2Cc1ccc(C(F)(F)C(F)(F)F)cc1)C1CCCC1. The molecule has 0 radical (unpaired) electrons. The van der Waals surface area contributed by atoms with E-state index < -0.39 is 41.9 Å². The molecule has 2 fully saturated rings. The number of anilines is 5. The maximum atomic E-state index is 13.5. The first kappa shape index (κ1) is 58.9. The van der Waals surface area contributed by atoms with E-state index in [2.05, 4.69) is 85.9 Å². The van der Waals surface area contributed by atoms with Crippen molar-refractivity contribution in [3.05, 3.63) is 184 Å². The fourth-order valence-corrected chi connectivity index (χ4v) is 10.8. The summed E-state index contributed by atoms with van der Waals surface area (Å²) in [6.07, 6.45) is 3.15. The van der Waals surface area contributed by atoms with E-state index in [1.54, 1.807) is 6.07 Å². The first-order valence-corrected chi connectivity index (χ1v) is 27.9. The molecule has 0 spiro atoms. The summed E-state index contributed by atoms with van der Waals surface area (Å²) in [4.78, 5) is 39.7. The molecule has 3 heterocycles. The molecule has 0 saturated heterocycles. The Labute approximate surface area is 471 Å². The Morgan fingerprint density at radius 3 is 1.60 bits per heavy atom. The maximum absolute atomic E-state index is 13.5. The van der Waals surface area contributed by atoms with Gasteiger partial charge < -0.3 is 35.4 Å². The van der Waals surface area contributed by atoms with Crippen LogP contribution in [0.5, 0.6) is 0 Å². The van der Waals surface area contributed by atoms with Gasteiger partial charge in [0.25, 0.3) is 0 Å². The quantitative estimate of drug-likeness (QED) is 0.0760. The van der Waals surface area contributed by atoms with E-state index >= 15 is 0 Å². The lowest BCUT2D eigenvalue weighted by molar-refractivity contribution is -0.289. The molecular formula is C64H66F8N6O4. The summed E-state index contributed by atoms with van der Waals surface area (Å²) in [5.41, 5.74) is 10.1. The number of nitrogens with one attached hydrogen (secondary N) is 3. The van der Waals surface area contributed by atoms with Crippen LogP contribution in [0.25, 0.3) is 10.9 Å². The Morgan fingerprint density at radius 2 is 1.04 bits per heavy atom. The minimum absolute atomic E-state index is 0.0584. The average molecular weight is 1140 g/mol. The monoisotopic (exact) mass is 1130 g/mol. The number of amides is 3. The van der Waals surface area contributed by atoms with Gasteiger partial charge in [0.15, 0.2) is 0 Å². The van der Waals surface area contributed by atoms with Crippen LogP contribution in [0.1, 0.15) is 103 Å². The van der Waals surface area contributed by atoms with Crippen molar-refractivity contribution in [3.8, 4) is 0 Å². The van der Waals surface area contributed by atoms with Gasteiger partial charge in [-0.1, -0.05) is 86.8 Å². The van der Waals surface area contributed by atoms with E-state index in [0.717, 1.165) is 146 Å². The molecule has 0 unspecified atom stereocenters. The molecule has 2 aliphatic heterocycles. The van der Waals surface area contributed by atoms with Crippen molar-refractivity contribution in [2.45, 2.75) is 115 Å². The summed E-state index contributed by atoms with van der Waals surface area (Å²) in [5.74, 6) is -4.81. The van der Waals surface area contributed by atoms with Gasteiger partial charge in [-0.05, 0) is 158 Å². The lowest BCUT2D eigenvalue weighted by Crippen LogP contribution is -2.33. The van der Waals surface area contributed by atoms with Crippen molar-refractivity contribution in [1.29, 1.82) is 0 Å². The van der Waals surface area contributed by atoms with Gasteiger partial charge in [0.05, 0.1) is 5.56 Å². The summed E-state index contributed by atoms with van der Waals surface area (Å²) in [6.45, 7) is 4.94. The van der Waals surface area contributed by atoms with Gasteiger partial charge in [0.2, 0.25) is 17.7 Å². The van der Waals surface area contributed by atoms with Crippen molar-refractivity contribution in [2.24, 2.45) is 11.8 Å². The molecule has 1 aromatic heterocycles. The molecule has 432 valence electrons. The standard InChI is InChI=1S/C23H23F5N2O.C22H24N2O.C19H19F3N2O2/c24-22(25,23(26,27)28)18-7-5-15(6-8-18)14-30-12-11-17-13-19(9-10-20(17)30)29-21(31)16-3-1-2-4-16;1-2-3-16-4-6-17(7-5-16)15-24-13-12-19-14-20(10-11-21(19)24)23-22(25)18-8-9-18;20-19(21,22)15-5-3-13(4-6-15)11-24-9-1-2-14-10-16(7-8-17(14)24)23-18(26)12-25/h5-10,13,16H,1-4,11-12,14H2,(H,29,31);4-7,10-14,18H,2-3,8-9,15H2,1H3,(H,23,25);3-8,10,25H,1-2,9,11-12H2,(H,23,26). The zero-order valence-corrected chi connectivity index (χ0v) is 45.5. The number of aliphatic hydroxyl groups is 1. The lowest BCUT2D eigenvalue weighted by Gasteiger charge is -2.32. The second-order valence-electron chi connectivity index (χ2n) is 21.6. The van der Waals surface area contributed by atoms with Gasteiger partial charge in [-0.3, -0.25) is 14.4 Å². The Morgan fingerprint density at radius 1 is 0.537 bits per heavy atom. The summed E-state index contributed by atoms with van der Waals surface area (Å²) in [6, 6.07) is 38.0. The Kier molecular flexibility index (Phi) is 18.4. The highest BCUT2D eigenvalue weighted by Crippen LogP contribution is 2.44. The lowest BCUT2D eigenvalue weighted by atomic mass is 10.00. The Hall–Kier alpha value is -7.73. The third-order valence-corrected chi connectivity index (χ3v) is 15.4. The third kappa shape index (κ3) is 14.8. The van der Waals surface area contributed by atoms with Gasteiger partial charge in [-0.2, -0.15) is 35.1 Å². The van der Waals surface area contributed by atoms with Gasteiger partial charge >= 0.3 is 18.3 Å². The highest BCUT2D eigenvalue weighted by Gasteiger charge is 2.58. The number of hydrogen-bond acceptors (Lipinski definition) is 6. The predicted molar refractivity (Wildman–Crippen MR) is 304 cm³/mol. The second kappa shape index (κ2) is 25.6. The fraction of sp³-hybridized carbons (Fsp3) is 0.359. The van der Waals surface area contributed by atoms with Crippen LogP contribution in [0.4, 0.5) is 63.6 Å². The molecule has 6 aromatic carbocycles. The van der Waals surface area contributed by atoms with E-state index in [4.69, 9.17) is 5.11 Å². The first-order valence-electron chi connectivity index (χ1n) is 27.9. The largest absolute Gasteiger partial charge is 0.458 e. The van der Waals surface area contributed by atoms with Crippen LogP contribution in [0.15, 0.2) is 140 Å². The summed E-state index contributed by atoms with van der Waals surface area (Å²) < 4.78 is 105. The highest BCUT2D eigenvalue weighted by atomic mass is 19.4. The zero-order valence-electron chi connectivity index (χ0n) is 45.5. The highest BCUT2D eigenvalue weighted by molar-refractivity contribution is 5.96. The van der Waals surface area contributed by atoms with E-state index in [-0.39, 0.29) is 23.7 Å². The molecule has 0 bridgehead atoms. The van der Waals surface area contributed by atoms with Crippen molar-refractivity contribution < 1.29 is 54.6 Å². The molecule has 10 nitrogen and oxygen atoms in total. The van der Waals surface area contributed by atoms with Crippen LogP contribution in [-0.4, -0.2) is 53.3 Å². The first-order chi connectivity index (χ1) is 39.2. The molecule has 18 heteroatoms. The van der Waals surface area contributed by atoms with Crippen LogP contribution in [-0.2, 0) is 65.4 Å². The van der Waals surface area contributed by atoms with Crippen LogP contribution >= 0.6 is 0 Å². The van der Waals surface area contributed by atoms with Crippen LogP contribution in [0, 0.1) is 11.8 Å². The predicted octanol–water partition coefficient (Wildman–Crippen LogP) is 14.6. The van der Waals surface area contributed by atoms with E-state index in [1.165, 1.54) is 47.3 Å². The summed E-state index contributed by atoms with van der Waals surface area (Å²) in [7, 11) is 0. The smallest absolute Gasteiger partial charge is 0.387 e. The maximum Gasteiger partial charge on any atom is 0.458 e. The third-order valence-electron chi connectivity index (χ3n) is 15.4. The van der Waals surface area contributed by atoms with Crippen LogP contribution in [0.2, 0.25) is 0 Å². The molecular weight excluding hydrogens is 1070 g/mol. The minimum Gasteiger partial charge on any atom is -0.387 e. The number of halogens is 8. The number of aromatic nitrogens is 1. The molecule has 11 rings (SSSR count). The number of alkyl halides is 8. The summed E-state index contributed by atoms with van der Waals surface area (Å²) >= 11 is 0. The van der Waals surface area contributed by atoms with Gasteiger partial charge in [0.1, 0.15) is 6.61 Å². The zero-order chi connectivity index (χ0) is 58.2. The van der Waals surface area contributed by atoms with Gasteiger partial charge in [-0.15, -0.1) is 0 Å². The number of nitrogens with zero attached hydrogens (tertiary/aromatic N) is 3. The molecule has 2 saturated carbocycles. The molecule has 82 heavy (non-hydrogen) atoms. The van der Waals surface area contributed by atoms with E-state index in [9.17, 15) is 49.5 Å². The van der Waals surface area contributed by atoms with E-state index in [1.807, 2.05) is 36.4 Å². The van der Waals surface area contributed by atoms with Crippen molar-refractivity contribution in [1.82, 2.24) is 4.57 Å². The van der Waals surface area contributed by atoms with Crippen molar-refractivity contribution in [2.75, 3.05) is 45.4 Å². The molecule has 4 N–H and O–H groups in total. The normalized spacial score (nSPS) is 15.2. The van der Waals surface area contributed by atoms with E-state index in [0.29, 0.717) is 30.9 Å². The fourth-order valence-electron chi connectivity index (χ4n) is 10.8. The number of carbonyl (C=O) groups excluding carboxylic acids is 3. The molecule has 2 aliphatic carbocycles. The molecule has 0 atom stereocenters. The number of benzene rings is 6. The number of aliphatic hydroxyl groups excluding tert-OH is 1. The van der Waals surface area contributed by atoms with Crippen molar-refractivity contribution in [3.63, 3.8) is 0 Å². The second-order valence-corrected chi connectivity index (χ2v) is 21.6. The molecule has 7 aromatic rings. The Bertz CT molecular complexity index is 3330.